The van der Waals surface area contributed by atoms with Gasteiger partial charge < -0.3 is 19.7 Å². The Morgan fingerprint density at radius 1 is 1.10 bits per heavy atom. The maximum absolute atomic E-state index is 13.0. The topological polar surface area (TPSA) is 70.5 Å². The molecule has 0 radical (unpaired) electrons. The molecule has 3 heterocycles. The summed E-state index contributed by atoms with van der Waals surface area (Å²) in [7, 11) is 2.08. The lowest BCUT2D eigenvalue weighted by Crippen LogP contribution is -2.47. The average molecular weight is 389 g/mol. The molecule has 0 bridgehead atoms. The highest BCUT2D eigenvalue weighted by Gasteiger charge is 2.26. The van der Waals surface area contributed by atoms with Crippen molar-refractivity contribution in [3.8, 4) is 0 Å². The van der Waals surface area contributed by atoms with E-state index in [1.54, 1.807) is 6.33 Å². The van der Waals surface area contributed by atoms with Crippen LogP contribution < -0.4 is 5.32 Å². The number of nitrogens with one attached hydrogen (secondary N) is 1. The van der Waals surface area contributed by atoms with Gasteiger partial charge in [0.1, 0.15) is 0 Å². The Bertz CT molecular complexity index is 1100. The van der Waals surface area contributed by atoms with Gasteiger partial charge in [-0.2, -0.15) is 0 Å². The minimum absolute atomic E-state index is 0.0637. The first kappa shape index (κ1) is 17.9. The van der Waals surface area contributed by atoms with Crippen molar-refractivity contribution in [1.29, 1.82) is 0 Å². The van der Waals surface area contributed by atoms with Crippen LogP contribution in [0.1, 0.15) is 32.3 Å². The van der Waals surface area contributed by atoms with E-state index < -0.39 is 0 Å². The number of hydrogen-bond donors (Lipinski definition) is 1. The molecule has 1 saturated heterocycles. The van der Waals surface area contributed by atoms with Gasteiger partial charge in [-0.1, -0.05) is 18.2 Å². The molecule has 5 rings (SSSR count). The van der Waals surface area contributed by atoms with Crippen molar-refractivity contribution in [2.24, 2.45) is 0 Å². The third-order valence-corrected chi connectivity index (χ3v) is 5.94. The first-order valence-electron chi connectivity index (χ1n) is 9.93. The molecule has 0 aliphatic carbocycles. The van der Waals surface area contributed by atoms with E-state index in [9.17, 15) is 9.59 Å². The number of nitrogens with zero attached hydrogens (tertiary/aromatic N) is 4. The SMILES string of the molecule is CN1CCN(C(=O)c2cccc(C3CNC(=O)c4cccc5ncn3c45)c2)CC1. The first-order valence-corrected chi connectivity index (χ1v) is 9.93. The summed E-state index contributed by atoms with van der Waals surface area (Å²) in [5, 5.41) is 3.01. The summed E-state index contributed by atoms with van der Waals surface area (Å²) in [6.07, 6.45) is 1.79. The first-order chi connectivity index (χ1) is 14.1. The van der Waals surface area contributed by atoms with Gasteiger partial charge in [-0.15, -0.1) is 0 Å². The lowest BCUT2D eigenvalue weighted by Gasteiger charge is -2.32. The fourth-order valence-corrected chi connectivity index (χ4v) is 4.24. The number of para-hydroxylation sites is 1. The third kappa shape index (κ3) is 3.07. The molecule has 2 aromatic carbocycles. The maximum Gasteiger partial charge on any atom is 0.253 e. The number of rotatable bonds is 2. The highest BCUT2D eigenvalue weighted by Crippen LogP contribution is 2.29. The minimum atomic E-state index is -0.118. The van der Waals surface area contributed by atoms with Crippen LogP contribution in [0.25, 0.3) is 11.0 Å². The molecule has 148 valence electrons. The van der Waals surface area contributed by atoms with Gasteiger partial charge in [0.15, 0.2) is 0 Å². The van der Waals surface area contributed by atoms with E-state index in [2.05, 4.69) is 22.2 Å². The summed E-state index contributed by atoms with van der Waals surface area (Å²) >= 11 is 0. The minimum Gasteiger partial charge on any atom is -0.350 e. The smallest absolute Gasteiger partial charge is 0.253 e. The molecular formula is C22H23N5O2. The van der Waals surface area contributed by atoms with Crippen LogP contribution in [0.15, 0.2) is 48.8 Å². The summed E-state index contributed by atoms with van der Waals surface area (Å²) < 4.78 is 2.04. The summed E-state index contributed by atoms with van der Waals surface area (Å²) in [6, 6.07) is 13.2. The Kier molecular flexibility index (Phi) is 4.32. The van der Waals surface area contributed by atoms with Crippen LogP contribution in [-0.4, -0.2) is 70.9 Å². The van der Waals surface area contributed by atoms with Gasteiger partial charge in [-0.05, 0) is 36.9 Å². The number of piperazine rings is 1. The Balaban J connectivity index is 1.51. The van der Waals surface area contributed by atoms with Crippen LogP contribution in [0.2, 0.25) is 0 Å². The molecule has 2 aliphatic heterocycles. The van der Waals surface area contributed by atoms with Crippen LogP contribution in [0, 0.1) is 0 Å². The van der Waals surface area contributed by atoms with Crippen LogP contribution in [0.4, 0.5) is 0 Å². The standard InChI is InChI=1S/C22H23N5O2/c1-25-8-10-26(11-9-25)22(29)16-5-2-4-15(12-16)19-13-23-21(28)17-6-3-7-18-20(17)27(19)14-24-18/h2-7,12,14,19H,8-11,13H2,1H3,(H,23,28). The van der Waals surface area contributed by atoms with Crippen LogP contribution in [-0.2, 0) is 0 Å². The zero-order valence-electron chi connectivity index (χ0n) is 16.3. The van der Waals surface area contributed by atoms with Crippen molar-refractivity contribution in [2.75, 3.05) is 39.8 Å². The second-order valence-electron chi connectivity index (χ2n) is 7.77. The molecule has 1 atom stereocenters. The van der Waals surface area contributed by atoms with Gasteiger partial charge in [0, 0.05) is 38.3 Å². The average Bonchev–Trinajstić information content (AvgIpc) is 3.12. The number of imidazole rings is 1. The molecule has 1 N–H and O–H groups in total. The number of carbonyl (C=O) groups excluding carboxylic acids is 2. The molecule has 1 fully saturated rings. The van der Waals surface area contributed by atoms with Crippen molar-refractivity contribution in [3.63, 3.8) is 0 Å². The van der Waals surface area contributed by atoms with E-state index in [1.807, 2.05) is 51.9 Å². The largest absolute Gasteiger partial charge is 0.350 e. The van der Waals surface area contributed by atoms with Crippen molar-refractivity contribution in [3.05, 3.63) is 65.5 Å². The highest BCUT2D eigenvalue weighted by atomic mass is 16.2. The Morgan fingerprint density at radius 2 is 1.90 bits per heavy atom. The van der Waals surface area contributed by atoms with E-state index in [0.29, 0.717) is 17.7 Å². The monoisotopic (exact) mass is 389 g/mol. The number of amides is 2. The van der Waals surface area contributed by atoms with Gasteiger partial charge >= 0.3 is 0 Å². The van der Waals surface area contributed by atoms with Crippen molar-refractivity contribution in [2.45, 2.75) is 6.04 Å². The summed E-state index contributed by atoms with van der Waals surface area (Å²) in [5.74, 6) is -0.0293. The van der Waals surface area contributed by atoms with E-state index >= 15 is 0 Å². The van der Waals surface area contributed by atoms with Gasteiger partial charge in [0.25, 0.3) is 11.8 Å². The second kappa shape index (κ2) is 7.00. The lowest BCUT2D eigenvalue weighted by molar-refractivity contribution is 0.0663. The van der Waals surface area contributed by atoms with E-state index in [1.165, 1.54) is 0 Å². The Labute approximate surface area is 168 Å². The fraction of sp³-hybridized carbons (Fsp3) is 0.318. The number of aromatic nitrogens is 2. The van der Waals surface area contributed by atoms with Crippen LogP contribution in [0.3, 0.4) is 0 Å². The zero-order valence-corrected chi connectivity index (χ0v) is 16.3. The van der Waals surface area contributed by atoms with Gasteiger partial charge in [0.2, 0.25) is 0 Å². The van der Waals surface area contributed by atoms with Gasteiger partial charge in [0.05, 0.1) is 29.0 Å². The summed E-state index contributed by atoms with van der Waals surface area (Å²) in [5.41, 5.74) is 3.94. The molecule has 7 nitrogen and oxygen atoms in total. The van der Waals surface area contributed by atoms with Crippen molar-refractivity contribution < 1.29 is 9.59 Å². The van der Waals surface area contributed by atoms with Crippen molar-refractivity contribution >= 4 is 22.8 Å². The summed E-state index contributed by atoms with van der Waals surface area (Å²) in [6.45, 7) is 3.72. The van der Waals surface area contributed by atoms with Crippen molar-refractivity contribution in [1.82, 2.24) is 24.7 Å². The normalized spacial score (nSPS) is 19.8. The van der Waals surface area contributed by atoms with E-state index in [-0.39, 0.29) is 17.9 Å². The Hall–Kier alpha value is -3.19. The fourth-order valence-electron chi connectivity index (χ4n) is 4.24. The summed E-state index contributed by atoms with van der Waals surface area (Å²) in [4.78, 5) is 34.2. The quantitative estimate of drug-likeness (QED) is 0.725. The van der Waals surface area contributed by atoms with Crippen LogP contribution >= 0.6 is 0 Å². The van der Waals surface area contributed by atoms with E-state index in [4.69, 9.17) is 0 Å². The van der Waals surface area contributed by atoms with Crippen LogP contribution in [0.5, 0.6) is 0 Å². The van der Waals surface area contributed by atoms with Gasteiger partial charge in [-0.3, -0.25) is 9.59 Å². The molecular weight excluding hydrogens is 366 g/mol. The maximum atomic E-state index is 13.0. The zero-order chi connectivity index (χ0) is 20.0. The molecule has 0 spiro atoms. The molecule has 0 saturated carbocycles. The highest BCUT2D eigenvalue weighted by molar-refractivity contribution is 6.05. The molecule has 3 aromatic rings. The molecule has 29 heavy (non-hydrogen) atoms. The second-order valence-corrected chi connectivity index (χ2v) is 7.77. The van der Waals surface area contributed by atoms with E-state index in [0.717, 1.165) is 42.8 Å². The number of likely N-dealkylation sites (N-methyl/N-ethyl adjacent to an activating group) is 1. The predicted molar refractivity (Wildman–Crippen MR) is 110 cm³/mol. The predicted octanol–water partition coefficient (Wildman–Crippen LogP) is 1.76. The molecule has 1 aromatic heterocycles. The number of carbonyl (C=O) groups is 2. The third-order valence-electron chi connectivity index (χ3n) is 5.94. The number of benzene rings is 2. The molecule has 7 heteroatoms. The molecule has 2 amide bonds. The molecule has 1 unspecified atom stereocenters. The number of hydrogen-bond acceptors (Lipinski definition) is 4. The lowest BCUT2D eigenvalue weighted by atomic mass is 10.0. The Morgan fingerprint density at radius 3 is 2.72 bits per heavy atom. The van der Waals surface area contributed by atoms with Gasteiger partial charge in [-0.25, -0.2) is 4.98 Å². The molecule has 2 aliphatic rings.